The highest BCUT2D eigenvalue weighted by molar-refractivity contribution is 6.00. The molecule has 35 heavy (non-hydrogen) atoms. The highest BCUT2D eigenvalue weighted by Gasteiger charge is 2.26. The maximum atomic E-state index is 13.0. The predicted octanol–water partition coefficient (Wildman–Crippen LogP) is 3.50. The van der Waals surface area contributed by atoms with Gasteiger partial charge in [0.1, 0.15) is 28.5 Å². The van der Waals surface area contributed by atoms with Crippen LogP contribution in [0.3, 0.4) is 0 Å². The zero-order valence-electron chi connectivity index (χ0n) is 20.7. The normalized spacial score (nSPS) is 16.3. The molecule has 2 aromatic heterocycles. The third kappa shape index (κ3) is 5.29. The average Bonchev–Trinajstić information content (AvgIpc) is 3.20. The van der Waals surface area contributed by atoms with E-state index in [4.69, 9.17) is 14.2 Å². The van der Waals surface area contributed by atoms with Gasteiger partial charge in [0, 0.05) is 19.2 Å². The van der Waals surface area contributed by atoms with Crippen LogP contribution in [0.25, 0.3) is 5.65 Å². The Morgan fingerprint density at radius 1 is 1.29 bits per heavy atom. The summed E-state index contributed by atoms with van der Waals surface area (Å²) in [5.74, 6) is 1.01. The molecular formula is C24H30N6O5. The van der Waals surface area contributed by atoms with Gasteiger partial charge < -0.3 is 24.8 Å². The van der Waals surface area contributed by atoms with Crippen molar-refractivity contribution in [3.63, 3.8) is 0 Å². The number of carbonyl (C=O) groups is 2. The molecule has 1 atom stereocenters. The number of ether oxygens (including phenoxy) is 3. The molecule has 3 aromatic rings. The fourth-order valence-electron chi connectivity index (χ4n) is 3.61. The number of hydrogen-bond acceptors (Lipinski definition) is 8. The quantitative estimate of drug-likeness (QED) is 0.570. The highest BCUT2D eigenvalue weighted by Crippen LogP contribution is 2.31. The smallest absolute Gasteiger partial charge is 0.415 e. The average molecular weight is 483 g/mol. The van der Waals surface area contributed by atoms with Gasteiger partial charge in [-0.3, -0.25) is 9.69 Å². The summed E-state index contributed by atoms with van der Waals surface area (Å²) in [5, 5.41) is 10.5. The summed E-state index contributed by atoms with van der Waals surface area (Å²) in [5.41, 5.74) is 1.43. The highest BCUT2D eigenvalue weighted by atomic mass is 16.6. The van der Waals surface area contributed by atoms with E-state index in [2.05, 4.69) is 20.7 Å². The van der Waals surface area contributed by atoms with Crippen molar-refractivity contribution >= 4 is 35.0 Å². The van der Waals surface area contributed by atoms with Crippen LogP contribution in [0.1, 0.15) is 43.6 Å². The number of methoxy groups -OCH3 is 1. The van der Waals surface area contributed by atoms with Crippen LogP contribution in [0.4, 0.5) is 22.1 Å². The van der Waals surface area contributed by atoms with Gasteiger partial charge in [0.25, 0.3) is 5.91 Å². The number of rotatable bonds is 2. The molecule has 11 nitrogen and oxygen atoms in total. The summed E-state index contributed by atoms with van der Waals surface area (Å²) in [6.07, 6.45) is 0.853. The molecule has 1 aliphatic rings. The number of benzene rings is 1. The summed E-state index contributed by atoms with van der Waals surface area (Å²) >= 11 is 0. The van der Waals surface area contributed by atoms with E-state index >= 15 is 0 Å². The van der Waals surface area contributed by atoms with Crippen molar-refractivity contribution in [3.8, 4) is 5.75 Å². The molecule has 2 N–H and O–H groups in total. The van der Waals surface area contributed by atoms with E-state index in [-0.39, 0.29) is 23.2 Å². The van der Waals surface area contributed by atoms with Gasteiger partial charge in [-0.15, -0.1) is 0 Å². The van der Waals surface area contributed by atoms with Crippen LogP contribution in [0, 0.1) is 0 Å². The van der Waals surface area contributed by atoms with Crippen LogP contribution in [0.15, 0.2) is 30.5 Å². The molecule has 4 bridgehead atoms. The van der Waals surface area contributed by atoms with Crippen molar-refractivity contribution in [1.82, 2.24) is 19.9 Å². The second kappa shape index (κ2) is 9.41. The fraction of sp³-hybridized carbons (Fsp3) is 0.417. The maximum Gasteiger partial charge on any atom is 0.415 e. The van der Waals surface area contributed by atoms with Crippen LogP contribution >= 0.6 is 0 Å². The molecule has 4 rings (SSSR count). The minimum absolute atomic E-state index is 0.247. The Morgan fingerprint density at radius 3 is 2.77 bits per heavy atom. The van der Waals surface area contributed by atoms with Gasteiger partial charge in [-0.1, -0.05) is 6.07 Å². The standard InChI is InChI=1S/C24H30N6O5/c1-14-12-34-13-15-7-8-18(33-6)17(9-15)27-19-10-20(29(5)23(32)35-24(2,3)4)30-21(28-19)16(11-25-30)22(31)26-14/h7-11,14H,12-13H2,1-6H3,(H,26,31)(H,27,28)/t14-/m1/s1. The summed E-state index contributed by atoms with van der Waals surface area (Å²) in [6.45, 7) is 7.91. The molecule has 3 heterocycles. The van der Waals surface area contributed by atoms with Crippen molar-refractivity contribution in [1.29, 1.82) is 0 Å². The number of carbonyl (C=O) groups excluding carboxylic acids is 2. The van der Waals surface area contributed by atoms with Gasteiger partial charge in [-0.05, 0) is 45.4 Å². The fourth-order valence-corrected chi connectivity index (χ4v) is 3.61. The number of nitrogens with one attached hydrogen (secondary N) is 2. The number of hydrogen-bond donors (Lipinski definition) is 2. The lowest BCUT2D eigenvalue weighted by Gasteiger charge is -2.25. The number of anilines is 3. The minimum Gasteiger partial charge on any atom is -0.495 e. The molecule has 11 heteroatoms. The predicted molar refractivity (Wildman–Crippen MR) is 130 cm³/mol. The number of amides is 2. The monoisotopic (exact) mass is 482 g/mol. The molecule has 0 saturated heterocycles. The first-order valence-electron chi connectivity index (χ1n) is 11.2. The summed E-state index contributed by atoms with van der Waals surface area (Å²) < 4.78 is 18.3. The Morgan fingerprint density at radius 2 is 2.06 bits per heavy atom. The van der Waals surface area contributed by atoms with Gasteiger partial charge in [-0.2, -0.15) is 9.61 Å². The lowest BCUT2D eigenvalue weighted by molar-refractivity contribution is 0.0587. The Hall–Kier alpha value is -3.86. The van der Waals surface area contributed by atoms with Crippen LogP contribution in [-0.2, 0) is 16.1 Å². The maximum absolute atomic E-state index is 13.0. The van der Waals surface area contributed by atoms with Crippen molar-refractivity contribution in [2.24, 2.45) is 0 Å². The first-order valence-corrected chi connectivity index (χ1v) is 11.2. The lowest BCUT2D eigenvalue weighted by Crippen LogP contribution is -2.36. The van der Waals surface area contributed by atoms with Gasteiger partial charge in [0.05, 0.1) is 32.2 Å². The number of nitrogens with zero attached hydrogens (tertiary/aromatic N) is 4. The van der Waals surface area contributed by atoms with Gasteiger partial charge in [0.15, 0.2) is 5.65 Å². The Bertz CT molecular complexity index is 1270. The van der Waals surface area contributed by atoms with Gasteiger partial charge in [0.2, 0.25) is 0 Å². The van der Waals surface area contributed by atoms with Crippen LogP contribution in [-0.4, -0.2) is 59.0 Å². The minimum atomic E-state index is -0.687. The molecule has 0 radical (unpaired) electrons. The Kier molecular flexibility index (Phi) is 6.53. The number of aromatic nitrogens is 3. The van der Waals surface area contributed by atoms with E-state index in [0.29, 0.717) is 36.3 Å². The van der Waals surface area contributed by atoms with E-state index in [0.717, 1.165) is 5.56 Å². The molecule has 2 amide bonds. The van der Waals surface area contributed by atoms with Crippen molar-refractivity contribution < 1.29 is 23.8 Å². The summed E-state index contributed by atoms with van der Waals surface area (Å²) in [7, 11) is 3.15. The molecule has 0 saturated carbocycles. The zero-order valence-corrected chi connectivity index (χ0v) is 20.7. The van der Waals surface area contributed by atoms with Crippen molar-refractivity contribution in [2.45, 2.75) is 45.9 Å². The second-order valence-electron chi connectivity index (χ2n) is 9.38. The molecular weight excluding hydrogens is 452 g/mol. The van der Waals surface area contributed by atoms with E-state index in [1.807, 2.05) is 25.1 Å². The number of fused-ring (bicyclic) bond motifs is 3. The summed E-state index contributed by atoms with van der Waals surface area (Å²) in [6, 6.07) is 7.07. The Labute approximate surface area is 203 Å². The van der Waals surface area contributed by atoms with E-state index in [9.17, 15) is 9.59 Å². The van der Waals surface area contributed by atoms with E-state index in [1.165, 1.54) is 15.6 Å². The van der Waals surface area contributed by atoms with Crippen molar-refractivity contribution in [2.75, 3.05) is 31.0 Å². The van der Waals surface area contributed by atoms with Crippen LogP contribution in [0.5, 0.6) is 5.75 Å². The van der Waals surface area contributed by atoms with Crippen LogP contribution in [0.2, 0.25) is 0 Å². The molecule has 0 aliphatic carbocycles. The largest absolute Gasteiger partial charge is 0.495 e. The zero-order chi connectivity index (χ0) is 25.3. The molecule has 0 fully saturated rings. The third-order valence-electron chi connectivity index (χ3n) is 5.25. The molecule has 0 spiro atoms. The molecule has 1 aromatic carbocycles. The van der Waals surface area contributed by atoms with E-state index < -0.39 is 11.7 Å². The molecule has 1 aliphatic heterocycles. The van der Waals surface area contributed by atoms with Crippen molar-refractivity contribution in [3.05, 3.63) is 41.6 Å². The van der Waals surface area contributed by atoms with Gasteiger partial charge in [-0.25, -0.2) is 9.78 Å². The van der Waals surface area contributed by atoms with Gasteiger partial charge >= 0.3 is 6.09 Å². The third-order valence-corrected chi connectivity index (χ3v) is 5.25. The summed E-state index contributed by atoms with van der Waals surface area (Å²) in [4.78, 5) is 31.9. The first kappa shape index (κ1) is 24.3. The molecule has 0 unspecified atom stereocenters. The Balaban J connectivity index is 1.87. The molecule has 186 valence electrons. The SMILES string of the molecule is COc1ccc2cc1Nc1cc(N(C)C(=O)OC(C)(C)C)n3ncc(c3n1)C(=O)N[C@H](C)COC2. The topological polar surface area (TPSA) is 119 Å². The lowest BCUT2D eigenvalue weighted by atomic mass is 10.2. The second-order valence-corrected chi connectivity index (χ2v) is 9.38. The van der Waals surface area contributed by atoms with Crippen LogP contribution < -0.4 is 20.3 Å². The first-order chi connectivity index (χ1) is 16.6. The van der Waals surface area contributed by atoms with E-state index in [1.54, 1.807) is 41.0 Å².